The van der Waals surface area contributed by atoms with E-state index in [9.17, 15) is 9.59 Å². The molecule has 0 amide bonds. The van der Waals surface area contributed by atoms with E-state index in [2.05, 4.69) is 14.8 Å². The van der Waals surface area contributed by atoms with Crippen molar-refractivity contribution < 1.29 is 28.5 Å². The van der Waals surface area contributed by atoms with Gasteiger partial charge in [-0.05, 0) is 42.0 Å². The van der Waals surface area contributed by atoms with Gasteiger partial charge >= 0.3 is 11.9 Å². The molecule has 142 valence electrons. The largest absolute Gasteiger partial charge is 0.497 e. The first-order valence-electron chi connectivity index (χ1n) is 8.06. The molecule has 0 radical (unpaired) electrons. The zero-order chi connectivity index (χ0) is 19.6. The van der Waals surface area contributed by atoms with E-state index in [1.165, 1.54) is 14.2 Å². The summed E-state index contributed by atoms with van der Waals surface area (Å²) in [6, 6.07) is 14.5. The SMILES string of the molecule is COC(=O)/C=C(/Nc1cccc(COc2ccc(OC)cc2)c1)C(=O)OC. The quantitative estimate of drug-likeness (QED) is 0.564. The Hall–Kier alpha value is -3.48. The molecule has 0 aliphatic rings. The highest BCUT2D eigenvalue weighted by molar-refractivity contribution is 5.98. The monoisotopic (exact) mass is 371 g/mol. The molecular formula is C20H21NO6. The summed E-state index contributed by atoms with van der Waals surface area (Å²) in [5, 5.41) is 2.86. The Kier molecular flexibility index (Phi) is 7.25. The first kappa shape index (κ1) is 19.8. The second-order valence-electron chi connectivity index (χ2n) is 5.36. The van der Waals surface area contributed by atoms with Crippen LogP contribution in [0.1, 0.15) is 5.56 Å². The van der Waals surface area contributed by atoms with Gasteiger partial charge in [0.25, 0.3) is 0 Å². The average Bonchev–Trinajstić information content (AvgIpc) is 2.71. The lowest BCUT2D eigenvalue weighted by Gasteiger charge is -2.11. The highest BCUT2D eigenvalue weighted by atomic mass is 16.5. The molecule has 0 unspecified atom stereocenters. The Labute approximate surface area is 157 Å². The summed E-state index contributed by atoms with van der Waals surface area (Å²) >= 11 is 0. The molecule has 0 aliphatic carbocycles. The molecule has 0 atom stereocenters. The normalized spacial score (nSPS) is 10.7. The van der Waals surface area contributed by atoms with Crippen LogP contribution in [-0.2, 0) is 25.7 Å². The molecule has 0 spiro atoms. The minimum atomic E-state index is -0.680. The van der Waals surface area contributed by atoms with Gasteiger partial charge < -0.3 is 24.3 Å². The van der Waals surface area contributed by atoms with Crippen LogP contribution in [0.5, 0.6) is 11.5 Å². The van der Waals surface area contributed by atoms with E-state index in [1.807, 2.05) is 36.4 Å². The maximum atomic E-state index is 11.8. The van der Waals surface area contributed by atoms with Gasteiger partial charge in [-0.3, -0.25) is 0 Å². The van der Waals surface area contributed by atoms with Gasteiger partial charge in [-0.1, -0.05) is 12.1 Å². The summed E-state index contributed by atoms with van der Waals surface area (Å²) < 4.78 is 20.1. The number of ether oxygens (including phenoxy) is 4. The number of hydrogen-bond donors (Lipinski definition) is 1. The zero-order valence-corrected chi connectivity index (χ0v) is 15.4. The lowest BCUT2D eigenvalue weighted by Crippen LogP contribution is -2.15. The minimum Gasteiger partial charge on any atom is -0.497 e. The number of carbonyl (C=O) groups is 2. The van der Waals surface area contributed by atoms with Crippen molar-refractivity contribution in [2.75, 3.05) is 26.6 Å². The lowest BCUT2D eigenvalue weighted by molar-refractivity contribution is -0.138. The number of methoxy groups -OCH3 is 3. The molecule has 0 aromatic heterocycles. The molecule has 1 N–H and O–H groups in total. The van der Waals surface area contributed by atoms with Crippen LogP contribution in [0.4, 0.5) is 5.69 Å². The third kappa shape index (κ3) is 6.07. The maximum absolute atomic E-state index is 11.8. The van der Waals surface area contributed by atoms with Gasteiger partial charge in [0.2, 0.25) is 0 Å². The van der Waals surface area contributed by atoms with Crippen LogP contribution in [0.3, 0.4) is 0 Å². The van der Waals surface area contributed by atoms with E-state index in [1.54, 1.807) is 19.2 Å². The number of anilines is 1. The molecule has 0 heterocycles. The van der Waals surface area contributed by atoms with Crippen molar-refractivity contribution in [2.24, 2.45) is 0 Å². The molecule has 0 saturated heterocycles. The maximum Gasteiger partial charge on any atom is 0.354 e. The van der Waals surface area contributed by atoms with E-state index in [0.29, 0.717) is 18.0 Å². The molecule has 0 saturated carbocycles. The molecule has 7 nitrogen and oxygen atoms in total. The average molecular weight is 371 g/mol. The first-order chi connectivity index (χ1) is 13.0. The Morgan fingerprint density at radius 1 is 0.963 bits per heavy atom. The molecule has 27 heavy (non-hydrogen) atoms. The van der Waals surface area contributed by atoms with E-state index < -0.39 is 11.9 Å². The predicted octanol–water partition coefficient (Wildman–Crippen LogP) is 2.92. The van der Waals surface area contributed by atoms with Crippen molar-refractivity contribution in [1.82, 2.24) is 0 Å². The molecule has 2 aromatic rings. The Balaban J connectivity index is 2.07. The number of esters is 2. The second-order valence-corrected chi connectivity index (χ2v) is 5.36. The molecule has 0 fully saturated rings. The molecule has 0 bridgehead atoms. The summed E-state index contributed by atoms with van der Waals surface area (Å²) in [7, 11) is 4.06. The zero-order valence-electron chi connectivity index (χ0n) is 15.4. The van der Waals surface area contributed by atoms with Crippen molar-refractivity contribution in [3.8, 4) is 11.5 Å². The minimum absolute atomic E-state index is 0.0300. The molecule has 2 rings (SSSR count). The number of benzene rings is 2. The van der Waals surface area contributed by atoms with E-state index in [-0.39, 0.29) is 5.70 Å². The number of rotatable bonds is 8. The van der Waals surface area contributed by atoms with Gasteiger partial charge in [-0.25, -0.2) is 9.59 Å². The summed E-state index contributed by atoms with van der Waals surface area (Å²) in [6.45, 7) is 0.329. The van der Waals surface area contributed by atoms with Crippen molar-refractivity contribution in [1.29, 1.82) is 0 Å². The van der Waals surface area contributed by atoms with Gasteiger partial charge in [0.15, 0.2) is 0 Å². The van der Waals surface area contributed by atoms with Gasteiger partial charge in [0, 0.05) is 5.69 Å². The molecular weight excluding hydrogens is 350 g/mol. The molecule has 0 aliphatic heterocycles. The number of hydrogen-bond acceptors (Lipinski definition) is 7. The van der Waals surface area contributed by atoms with Gasteiger partial charge in [-0.2, -0.15) is 0 Å². The summed E-state index contributed by atoms with van der Waals surface area (Å²) in [4.78, 5) is 23.2. The van der Waals surface area contributed by atoms with E-state index in [4.69, 9.17) is 9.47 Å². The first-order valence-corrected chi connectivity index (χ1v) is 8.06. The fourth-order valence-electron chi connectivity index (χ4n) is 2.17. The summed E-state index contributed by atoms with van der Waals surface area (Å²) in [5.74, 6) is 0.110. The number of carbonyl (C=O) groups excluding carboxylic acids is 2. The van der Waals surface area contributed by atoms with Crippen LogP contribution in [0.2, 0.25) is 0 Å². The topological polar surface area (TPSA) is 83.1 Å². The van der Waals surface area contributed by atoms with Crippen molar-refractivity contribution >= 4 is 17.6 Å². The van der Waals surface area contributed by atoms with Gasteiger partial charge in [0.05, 0.1) is 27.4 Å². The van der Waals surface area contributed by atoms with Crippen LogP contribution in [0, 0.1) is 0 Å². The van der Waals surface area contributed by atoms with Crippen LogP contribution in [0.15, 0.2) is 60.3 Å². The molecule has 7 heteroatoms. The van der Waals surface area contributed by atoms with Crippen molar-refractivity contribution in [3.05, 3.63) is 65.9 Å². The van der Waals surface area contributed by atoms with E-state index in [0.717, 1.165) is 17.4 Å². The van der Waals surface area contributed by atoms with Crippen LogP contribution < -0.4 is 14.8 Å². The fourth-order valence-corrected chi connectivity index (χ4v) is 2.17. The van der Waals surface area contributed by atoms with Crippen LogP contribution in [-0.4, -0.2) is 33.3 Å². The van der Waals surface area contributed by atoms with E-state index >= 15 is 0 Å². The van der Waals surface area contributed by atoms with Gasteiger partial charge in [-0.15, -0.1) is 0 Å². The van der Waals surface area contributed by atoms with Crippen molar-refractivity contribution in [3.63, 3.8) is 0 Å². The Morgan fingerprint density at radius 3 is 2.30 bits per heavy atom. The summed E-state index contributed by atoms with van der Waals surface area (Å²) in [5.41, 5.74) is 1.45. The standard InChI is InChI=1S/C20H21NO6/c1-24-16-7-9-17(10-8-16)27-13-14-5-4-6-15(11-14)21-18(20(23)26-3)12-19(22)25-2/h4-12,21H,13H2,1-3H3/b18-12+. The smallest absolute Gasteiger partial charge is 0.354 e. The summed E-state index contributed by atoms with van der Waals surface area (Å²) in [6.07, 6.45) is 1.03. The number of nitrogens with one attached hydrogen (secondary N) is 1. The second kappa shape index (κ2) is 9.86. The lowest BCUT2D eigenvalue weighted by atomic mass is 10.2. The fraction of sp³-hybridized carbons (Fsp3) is 0.200. The van der Waals surface area contributed by atoms with Crippen LogP contribution in [0.25, 0.3) is 0 Å². The van der Waals surface area contributed by atoms with Crippen molar-refractivity contribution in [2.45, 2.75) is 6.61 Å². The predicted molar refractivity (Wildman–Crippen MR) is 99.5 cm³/mol. The van der Waals surface area contributed by atoms with Crippen LogP contribution >= 0.6 is 0 Å². The highest BCUT2D eigenvalue weighted by Gasteiger charge is 2.13. The Morgan fingerprint density at radius 2 is 1.67 bits per heavy atom. The highest BCUT2D eigenvalue weighted by Crippen LogP contribution is 2.19. The Bertz CT molecular complexity index is 813. The molecule has 2 aromatic carbocycles. The van der Waals surface area contributed by atoms with Gasteiger partial charge in [0.1, 0.15) is 23.8 Å². The third-order valence-corrected chi connectivity index (χ3v) is 3.54. The third-order valence-electron chi connectivity index (χ3n) is 3.54.